The van der Waals surface area contributed by atoms with Gasteiger partial charge < -0.3 is 15.1 Å². The molecule has 0 saturated heterocycles. The van der Waals surface area contributed by atoms with Crippen LogP contribution in [0, 0.1) is 0 Å². The Hall–Kier alpha value is -0.830. The molecule has 0 heterocycles. The average molecular weight is 201 g/mol. The molecule has 3 N–H and O–H groups in total. The monoisotopic (exact) mass is 201 g/mol. The topological polar surface area (TPSA) is 69.6 Å². The Kier molecular flexibility index (Phi) is 3.09. The molecule has 5 heteroatoms. The highest BCUT2D eigenvalue weighted by Gasteiger charge is 2.13. The minimum atomic E-state index is -3.93. The first-order valence-corrected chi connectivity index (χ1v) is 5.62. The molecule has 4 nitrogen and oxygen atoms in total. The summed E-state index contributed by atoms with van der Waals surface area (Å²) in [6.07, 6.45) is -0.197. The van der Waals surface area contributed by atoms with Crippen molar-refractivity contribution < 1.29 is 14.4 Å². The van der Waals surface area contributed by atoms with Crippen LogP contribution < -0.4 is 5.32 Å². The van der Waals surface area contributed by atoms with Gasteiger partial charge in [0.05, 0.1) is 6.16 Å². The molecule has 13 heavy (non-hydrogen) atoms. The van der Waals surface area contributed by atoms with E-state index >= 15 is 0 Å². The molecule has 0 aliphatic rings. The highest BCUT2D eigenvalue weighted by molar-refractivity contribution is 7.50. The maximum absolute atomic E-state index is 10.6. The summed E-state index contributed by atoms with van der Waals surface area (Å²) in [6.45, 7) is 0. The standard InChI is InChI=1S/C8H12NO3P/c1-9-8-4-2-7(3-5-8)6-13(10,11)12/h2-5,9H,6H2,1H3,(H2,10,11,12). The molecule has 0 saturated carbocycles. The van der Waals surface area contributed by atoms with E-state index in [-0.39, 0.29) is 6.16 Å². The van der Waals surface area contributed by atoms with E-state index < -0.39 is 7.60 Å². The van der Waals surface area contributed by atoms with E-state index in [1.165, 1.54) is 0 Å². The Morgan fingerprint density at radius 1 is 1.31 bits per heavy atom. The lowest BCUT2D eigenvalue weighted by atomic mass is 10.2. The maximum Gasteiger partial charge on any atom is 0.329 e. The van der Waals surface area contributed by atoms with Crippen LogP contribution in [-0.2, 0) is 10.7 Å². The Morgan fingerprint density at radius 2 is 1.85 bits per heavy atom. The number of benzene rings is 1. The number of anilines is 1. The van der Waals surface area contributed by atoms with Crippen LogP contribution in [0.5, 0.6) is 0 Å². The summed E-state index contributed by atoms with van der Waals surface area (Å²) in [5.74, 6) is 0. The van der Waals surface area contributed by atoms with Gasteiger partial charge in [-0.15, -0.1) is 0 Å². The van der Waals surface area contributed by atoms with Gasteiger partial charge in [0.2, 0.25) is 0 Å². The quantitative estimate of drug-likeness (QED) is 0.646. The summed E-state index contributed by atoms with van der Waals surface area (Å²) in [7, 11) is -2.14. The first kappa shape index (κ1) is 10.3. The second-order valence-electron chi connectivity index (χ2n) is 2.77. The van der Waals surface area contributed by atoms with E-state index in [1.54, 1.807) is 31.3 Å². The van der Waals surface area contributed by atoms with Crippen molar-refractivity contribution in [1.29, 1.82) is 0 Å². The second-order valence-corrected chi connectivity index (χ2v) is 4.42. The van der Waals surface area contributed by atoms with Gasteiger partial charge in [0, 0.05) is 12.7 Å². The number of hydrogen-bond acceptors (Lipinski definition) is 2. The highest BCUT2D eigenvalue weighted by atomic mass is 31.2. The zero-order valence-electron chi connectivity index (χ0n) is 7.27. The van der Waals surface area contributed by atoms with Crippen LogP contribution >= 0.6 is 7.60 Å². The molecule has 72 valence electrons. The number of hydrogen-bond donors (Lipinski definition) is 3. The smallest absolute Gasteiger partial charge is 0.329 e. The molecule has 0 bridgehead atoms. The molecule has 0 spiro atoms. The lowest BCUT2D eigenvalue weighted by Crippen LogP contribution is -1.90. The van der Waals surface area contributed by atoms with E-state index in [0.717, 1.165) is 5.69 Å². The van der Waals surface area contributed by atoms with Gasteiger partial charge in [0.1, 0.15) is 0 Å². The SMILES string of the molecule is CNc1ccc(CP(=O)(O)O)cc1. The lowest BCUT2D eigenvalue weighted by molar-refractivity contribution is 0.372. The van der Waals surface area contributed by atoms with Crippen LogP contribution in [0.4, 0.5) is 5.69 Å². The van der Waals surface area contributed by atoms with Crippen molar-refractivity contribution in [3.8, 4) is 0 Å². The van der Waals surface area contributed by atoms with Crippen LogP contribution in [0.25, 0.3) is 0 Å². The Labute approximate surface area is 76.8 Å². The molecule has 0 fully saturated rings. The van der Waals surface area contributed by atoms with Crippen molar-refractivity contribution in [1.82, 2.24) is 0 Å². The largest absolute Gasteiger partial charge is 0.388 e. The summed E-state index contributed by atoms with van der Waals surface area (Å²) < 4.78 is 10.6. The molecule has 0 radical (unpaired) electrons. The van der Waals surface area contributed by atoms with E-state index in [9.17, 15) is 4.57 Å². The molecule has 0 atom stereocenters. The van der Waals surface area contributed by atoms with Gasteiger partial charge in [-0.05, 0) is 17.7 Å². The van der Waals surface area contributed by atoms with Gasteiger partial charge in [0.15, 0.2) is 0 Å². The third-order valence-corrected chi connectivity index (χ3v) is 2.41. The summed E-state index contributed by atoms with van der Waals surface area (Å²) in [4.78, 5) is 17.4. The molecule has 1 aromatic carbocycles. The third kappa shape index (κ3) is 3.59. The van der Waals surface area contributed by atoms with Crippen LogP contribution in [0.2, 0.25) is 0 Å². The molecular formula is C8H12NO3P. The van der Waals surface area contributed by atoms with E-state index in [2.05, 4.69) is 5.32 Å². The van der Waals surface area contributed by atoms with Crippen LogP contribution in [0.3, 0.4) is 0 Å². The average Bonchev–Trinajstić information content (AvgIpc) is 2.03. The fourth-order valence-electron chi connectivity index (χ4n) is 1.01. The van der Waals surface area contributed by atoms with E-state index in [4.69, 9.17) is 9.79 Å². The summed E-state index contributed by atoms with van der Waals surface area (Å²) in [5.41, 5.74) is 1.57. The molecule has 0 amide bonds. The van der Waals surface area contributed by atoms with Crippen LogP contribution in [0.15, 0.2) is 24.3 Å². The number of rotatable bonds is 3. The van der Waals surface area contributed by atoms with Crippen LogP contribution in [-0.4, -0.2) is 16.8 Å². The fraction of sp³-hybridized carbons (Fsp3) is 0.250. The van der Waals surface area contributed by atoms with Gasteiger partial charge in [-0.2, -0.15) is 0 Å². The third-order valence-electron chi connectivity index (χ3n) is 1.63. The van der Waals surface area contributed by atoms with Crippen molar-refractivity contribution in [2.75, 3.05) is 12.4 Å². The first-order chi connectivity index (χ1) is 6.01. The Bertz CT molecular complexity index is 317. The normalized spacial score (nSPS) is 11.3. The minimum absolute atomic E-state index is 0.197. The summed E-state index contributed by atoms with van der Waals surface area (Å²) >= 11 is 0. The molecular weight excluding hydrogens is 189 g/mol. The van der Waals surface area contributed by atoms with Crippen molar-refractivity contribution in [3.05, 3.63) is 29.8 Å². The minimum Gasteiger partial charge on any atom is -0.388 e. The molecule has 0 aromatic heterocycles. The van der Waals surface area contributed by atoms with Crippen molar-refractivity contribution >= 4 is 13.3 Å². The maximum atomic E-state index is 10.6. The van der Waals surface area contributed by atoms with Gasteiger partial charge in [-0.1, -0.05) is 12.1 Å². The van der Waals surface area contributed by atoms with Gasteiger partial charge in [0.25, 0.3) is 0 Å². The Balaban J connectivity index is 2.76. The lowest BCUT2D eigenvalue weighted by Gasteiger charge is -2.04. The predicted molar refractivity (Wildman–Crippen MR) is 51.7 cm³/mol. The van der Waals surface area contributed by atoms with Gasteiger partial charge in [-0.3, -0.25) is 4.57 Å². The molecule has 0 aliphatic carbocycles. The zero-order valence-corrected chi connectivity index (χ0v) is 8.16. The van der Waals surface area contributed by atoms with Crippen LogP contribution in [0.1, 0.15) is 5.56 Å². The van der Waals surface area contributed by atoms with E-state index in [1.807, 2.05) is 0 Å². The molecule has 1 rings (SSSR count). The van der Waals surface area contributed by atoms with E-state index in [0.29, 0.717) is 5.56 Å². The Morgan fingerprint density at radius 3 is 2.23 bits per heavy atom. The molecule has 0 aliphatic heterocycles. The van der Waals surface area contributed by atoms with Crippen molar-refractivity contribution in [3.63, 3.8) is 0 Å². The summed E-state index contributed by atoms with van der Waals surface area (Å²) in [5, 5.41) is 2.92. The number of nitrogens with one attached hydrogen (secondary N) is 1. The van der Waals surface area contributed by atoms with Crippen molar-refractivity contribution in [2.45, 2.75) is 6.16 Å². The van der Waals surface area contributed by atoms with Gasteiger partial charge in [-0.25, -0.2) is 0 Å². The fourth-order valence-corrected chi connectivity index (χ4v) is 1.70. The van der Waals surface area contributed by atoms with Crippen molar-refractivity contribution in [2.24, 2.45) is 0 Å². The zero-order chi connectivity index (χ0) is 9.90. The highest BCUT2D eigenvalue weighted by Crippen LogP contribution is 2.38. The molecule has 0 unspecified atom stereocenters. The second kappa shape index (κ2) is 3.92. The molecule has 1 aromatic rings. The predicted octanol–water partition coefficient (Wildman–Crippen LogP) is 1.41. The van der Waals surface area contributed by atoms with Gasteiger partial charge >= 0.3 is 7.60 Å². The first-order valence-electron chi connectivity index (χ1n) is 3.82. The summed E-state index contributed by atoms with van der Waals surface area (Å²) in [6, 6.07) is 6.96.